The van der Waals surface area contributed by atoms with E-state index in [4.69, 9.17) is 9.47 Å². The van der Waals surface area contributed by atoms with Crippen LogP contribution in [0.25, 0.3) is 0 Å². The van der Waals surface area contributed by atoms with Gasteiger partial charge in [-0.3, -0.25) is 57.5 Å². The fourth-order valence-corrected chi connectivity index (χ4v) is 17.9. The van der Waals surface area contributed by atoms with Gasteiger partial charge in [-0.1, -0.05) is 47.0 Å². The molecule has 0 aromatic carbocycles. The number of amides is 12. The Bertz CT molecular complexity index is 3250. The second-order valence-electron chi connectivity index (χ2n) is 32.8. The minimum Gasteiger partial charge on any atom is -0.378 e. The van der Waals surface area contributed by atoms with Crippen LogP contribution in [0.1, 0.15) is 182 Å². The van der Waals surface area contributed by atoms with Crippen LogP contribution in [0.5, 0.6) is 0 Å². The van der Waals surface area contributed by atoms with Gasteiger partial charge in [0.05, 0.1) is 44.7 Å². The zero-order valence-corrected chi connectivity index (χ0v) is 65.8. The molecule has 4 saturated carbocycles. The summed E-state index contributed by atoms with van der Waals surface area (Å²) in [5.74, 6) is -16.9. The number of fused-ring (bicyclic) bond motifs is 3. The first-order chi connectivity index (χ1) is 51.7. The van der Waals surface area contributed by atoms with Crippen molar-refractivity contribution < 1.29 is 102 Å². The predicted molar refractivity (Wildman–Crippen MR) is 385 cm³/mol. The fraction of sp³-hybridized carbons (Fsp3) is 0.842. The summed E-state index contributed by atoms with van der Waals surface area (Å²) >= 11 is 0. The van der Waals surface area contributed by atoms with Gasteiger partial charge in [0.25, 0.3) is 0 Å². The third-order valence-corrected chi connectivity index (χ3v) is 24.9. The molecule has 0 radical (unpaired) electrons. The Balaban J connectivity index is 1.20. The van der Waals surface area contributed by atoms with Crippen LogP contribution < -0.4 is 16.0 Å². The first-order valence-electron chi connectivity index (χ1n) is 39.7. The van der Waals surface area contributed by atoms with Crippen molar-refractivity contribution in [3.63, 3.8) is 0 Å². The smallest absolute Gasteiger partial charge is 0.378 e. The average Bonchev–Trinajstić information content (AvgIpc) is 1.08. The minimum absolute atomic E-state index is 0.00760. The third-order valence-electron chi connectivity index (χ3n) is 24.9. The summed E-state index contributed by atoms with van der Waals surface area (Å²) in [6.07, 6.45) is -15.9. The fourth-order valence-electron chi connectivity index (χ4n) is 17.9. The zero-order chi connectivity index (χ0) is 81.2. The van der Waals surface area contributed by atoms with Crippen LogP contribution in [0.15, 0.2) is 0 Å². The lowest BCUT2D eigenvalue weighted by Gasteiger charge is -2.47. The minimum atomic E-state index is -5.22. The van der Waals surface area contributed by atoms with Gasteiger partial charge in [0, 0.05) is 75.1 Å². The molecule has 0 aromatic rings. The molecule has 8 aliphatic rings. The maximum absolute atomic E-state index is 15.7. The Morgan fingerprint density at radius 2 is 1.21 bits per heavy atom. The van der Waals surface area contributed by atoms with E-state index in [9.17, 15) is 45.5 Å². The molecule has 2 unspecified atom stereocenters. The molecule has 4 aliphatic carbocycles. The average molecular weight is 1580 g/mol. The van der Waals surface area contributed by atoms with Crippen molar-refractivity contribution in [1.29, 1.82) is 0 Å². The van der Waals surface area contributed by atoms with Gasteiger partial charge in [-0.15, -0.1) is 0 Å². The molecule has 34 heteroatoms. The van der Waals surface area contributed by atoms with Crippen LogP contribution in [0.3, 0.4) is 0 Å². The van der Waals surface area contributed by atoms with E-state index in [1.54, 1.807) is 20.8 Å². The predicted octanol–water partition coefficient (Wildman–Crippen LogP) is 5.96. The van der Waals surface area contributed by atoms with Crippen molar-refractivity contribution in [3.05, 3.63) is 0 Å². The second kappa shape index (κ2) is 38.2. The molecule has 12 amide bonds. The van der Waals surface area contributed by atoms with E-state index in [2.05, 4.69) is 16.0 Å². The van der Waals surface area contributed by atoms with Gasteiger partial charge in [0.2, 0.25) is 70.9 Å². The molecule has 8 rings (SSSR count). The molecule has 8 fully saturated rings. The quantitative estimate of drug-likeness (QED) is 0.180. The van der Waals surface area contributed by atoms with Crippen molar-refractivity contribution in [2.24, 2.45) is 41.4 Å². The highest BCUT2D eigenvalue weighted by Gasteiger charge is 2.57. The molecule has 1 spiro atoms. The molecule has 26 nitrogen and oxygen atoms in total. The lowest BCUT2D eigenvalue weighted by Crippen LogP contribution is -2.69. The van der Waals surface area contributed by atoms with Crippen LogP contribution in [0.2, 0.25) is 0 Å². The lowest BCUT2D eigenvalue weighted by atomic mass is 9.74. The van der Waals surface area contributed by atoms with E-state index in [0.717, 1.165) is 24.5 Å². The van der Waals surface area contributed by atoms with Gasteiger partial charge in [-0.25, -0.2) is 8.78 Å². The number of halogens is 8. The van der Waals surface area contributed by atoms with Gasteiger partial charge in [0.15, 0.2) is 0 Å². The number of alkyl halides is 8. The van der Waals surface area contributed by atoms with E-state index in [0.29, 0.717) is 44.9 Å². The Kier molecular flexibility index (Phi) is 30.8. The summed E-state index contributed by atoms with van der Waals surface area (Å²) in [5.41, 5.74) is -1.72. The lowest BCUT2D eigenvalue weighted by molar-refractivity contribution is -0.219. The number of hydrogen-bond donors (Lipinski definition) is 3. The van der Waals surface area contributed by atoms with Crippen molar-refractivity contribution in [1.82, 2.24) is 60.0 Å². The van der Waals surface area contributed by atoms with Gasteiger partial charge in [0.1, 0.15) is 72.1 Å². The molecule has 4 saturated heterocycles. The Morgan fingerprint density at radius 3 is 1.78 bits per heavy atom. The Hall–Kier alpha value is -7.00. The topological polar surface area (TPSA) is 289 Å². The molecule has 2 bridgehead atoms. The van der Waals surface area contributed by atoms with Gasteiger partial charge < -0.3 is 69.5 Å². The molecule has 3 N–H and O–H groups in total. The van der Waals surface area contributed by atoms with Crippen LogP contribution in [-0.2, 0) is 67.0 Å². The first-order valence-corrected chi connectivity index (χ1v) is 39.7. The Morgan fingerprint density at radius 1 is 0.591 bits per heavy atom. The maximum Gasteiger partial charge on any atom is 0.397 e. The molecule has 12 atom stereocenters. The summed E-state index contributed by atoms with van der Waals surface area (Å²) in [7, 11) is 8.09. The number of nitrogens with zero attached hydrogens (tertiary/aromatic N) is 9. The molecule has 622 valence electrons. The summed E-state index contributed by atoms with van der Waals surface area (Å²) < 4.78 is 127. The van der Waals surface area contributed by atoms with Crippen LogP contribution >= 0.6 is 0 Å². The summed E-state index contributed by atoms with van der Waals surface area (Å²) in [6, 6.07) is -11.4. The van der Waals surface area contributed by atoms with Crippen molar-refractivity contribution >= 4 is 70.9 Å². The number of hydrogen-bond acceptors (Lipinski definition) is 14. The van der Waals surface area contributed by atoms with Crippen LogP contribution in [0, 0.1) is 41.4 Å². The Labute approximate surface area is 640 Å². The number of likely N-dealkylation sites (N-methyl/N-ethyl adjacent to an activating group) is 6. The molecule has 0 aromatic heterocycles. The number of rotatable bonds is 13. The summed E-state index contributed by atoms with van der Waals surface area (Å²) in [5, 5.41) is 8.45. The second-order valence-corrected chi connectivity index (χ2v) is 32.8. The molecular weight excluding hydrogens is 1460 g/mol. The van der Waals surface area contributed by atoms with E-state index < -0.39 is 230 Å². The van der Waals surface area contributed by atoms with E-state index in [1.807, 2.05) is 13.8 Å². The number of morpholine rings is 1. The molecular formula is C76H118F8N12O14. The standard InChI is InChI=1S/C76H118F8N12O14/c1-12-45(5)62-71(106)89(7)43-60(99)90(8)53-21-16-17-31-95(70(53)105)56(40-46-22-25-49(26-23-46)75(79,80)81)68(103)88(6)42-58(97)85-52(27-24-47-38-50(77)61(51(78)39-47)76(82,83)84)67(102)96-32-28-57(110-13-2)64(96)66(101)87-74(29-18-30-74)73(108)93(11)63(48-19-14-15-20-48)72(107)92(10)55(69(104)94-33-35-109-36-34-94)41-59(98)91(9)54(37-44(3)4)65(100)86-62/h44-57,61-64H,12-43H2,1-11H3,(H,85,97)(H,86,100)(H,87,101)/t45-,46?,47?,49?,50?,51?,52-,53-,54-,55-,56-,57+,61?,62-,63-,64-/m0/s1. The normalized spacial score (nSPS) is 32.2. The van der Waals surface area contributed by atoms with Crippen LogP contribution in [0.4, 0.5) is 35.1 Å². The van der Waals surface area contributed by atoms with Gasteiger partial charge >= 0.3 is 12.4 Å². The summed E-state index contributed by atoms with van der Waals surface area (Å²) in [4.78, 5) is 193. The van der Waals surface area contributed by atoms with Gasteiger partial charge in [-0.2, -0.15) is 26.3 Å². The SMILES string of the molecule is CCO[C@@H]1CCN2C(=O)[C@H](CCC3CC(F)C(C(F)(F)F)C(F)C3)NC(=O)CN(C)C(=O)[C@H](CC3CCC(C(F)(F)F)CC3)N3CCCC[C@@H](C3=O)N(C)C(=O)CN(C)C(=O)[C@H]([C@@H](C)CC)NC(=O)[C@H](CC(C)C)N(C)C(=O)C[C@@H](C(=O)N3CCOCC3)N(C)C(=O)[C@H](C3CCCC3)N(C)C(=O)C3(CCC3)NC(=O)[C@H]12. The van der Waals surface area contributed by atoms with Crippen molar-refractivity contribution in [2.45, 2.75) is 267 Å². The highest BCUT2D eigenvalue weighted by atomic mass is 19.4. The van der Waals surface area contributed by atoms with E-state index in [1.165, 1.54) is 61.9 Å². The number of ether oxygens (including phenoxy) is 2. The number of carbonyl (C=O) groups is 12. The van der Waals surface area contributed by atoms with E-state index >= 15 is 47.1 Å². The monoisotopic (exact) mass is 1570 g/mol. The van der Waals surface area contributed by atoms with Crippen LogP contribution in [-0.4, -0.2) is 301 Å². The zero-order valence-electron chi connectivity index (χ0n) is 65.8. The highest BCUT2D eigenvalue weighted by Crippen LogP contribution is 2.46. The van der Waals surface area contributed by atoms with E-state index in [-0.39, 0.29) is 129 Å². The maximum atomic E-state index is 15.7. The molecule has 4 aliphatic heterocycles. The largest absolute Gasteiger partial charge is 0.397 e. The number of nitrogens with one attached hydrogen (secondary N) is 3. The van der Waals surface area contributed by atoms with Crippen molar-refractivity contribution in [2.75, 3.05) is 101 Å². The summed E-state index contributed by atoms with van der Waals surface area (Å²) in [6.45, 7) is 7.50. The van der Waals surface area contributed by atoms with Crippen molar-refractivity contribution in [3.8, 4) is 0 Å². The molecule has 110 heavy (non-hydrogen) atoms. The van der Waals surface area contributed by atoms with Gasteiger partial charge in [-0.05, 0) is 159 Å². The highest BCUT2D eigenvalue weighted by molar-refractivity contribution is 6.01. The molecule has 4 heterocycles. The third kappa shape index (κ3) is 21.1. The first kappa shape index (κ1) is 88.6. The number of carbonyl (C=O) groups excluding carboxylic acids is 12.